The summed E-state index contributed by atoms with van der Waals surface area (Å²) in [4.78, 5) is 11.7. The van der Waals surface area contributed by atoms with E-state index in [4.69, 9.17) is 11.6 Å². The van der Waals surface area contributed by atoms with Crippen LogP contribution in [0.15, 0.2) is 24.3 Å². The summed E-state index contributed by atoms with van der Waals surface area (Å²) in [6.07, 6.45) is 1.03. The highest BCUT2D eigenvalue weighted by Crippen LogP contribution is 2.38. The quantitative estimate of drug-likeness (QED) is 0.860. The van der Waals surface area contributed by atoms with Crippen molar-refractivity contribution < 1.29 is 4.79 Å². The molecular weight excluding hydrogens is 222 g/mol. The first kappa shape index (κ1) is 11.5. The van der Waals surface area contributed by atoms with E-state index in [-0.39, 0.29) is 17.9 Å². The summed E-state index contributed by atoms with van der Waals surface area (Å²) in [5.41, 5.74) is 1.09. The Hall–Kier alpha value is -1.02. The van der Waals surface area contributed by atoms with E-state index >= 15 is 0 Å². The first-order valence-corrected chi connectivity index (χ1v) is 6.01. The molecule has 3 atom stereocenters. The third kappa shape index (κ3) is 2.56. The minimum Gasteiger partial charge on any atom is -0.349 e. The Bertz CT molecular complexity index is 387. The maximum absolute atomic E-state index is 11.7. The van der Waals surface area contributed by atoms with Crippen molar-refractivity contribution in [2.75, 3.05) is 0 Å². The summed E-state index contributed by atoms with van der Waals surface area (Å²) < 4.78 is 0. The largest absolute Gasteiger partial charge is 0.349 e. The number of benzene rings is 1. The summed E-state index contributed by atoms with van der Waals surface area (Å²) in [5.74, 6) is 0.960. The Labute approximate surface area is 101 Å². The van der Waals surface area contributed by atoms with E-state index in [9.17, 15) is 4.79 Å². The normalized spacial score (nSPS) is 24.9. The minimum atomic E-state index is 0.0533. The summed E-state index contributed by atoms with van der Waals surface area (Å²) >= 11 is 5.81. The summed E-state index contributed by atoms with van der Waals surface area (Å²) in [6, 6.07) is 7.64. The molecule has 3 heteroatoms. The Kier molecular flexibility index (Phi) is 3.20. The van der Waals surface area contributed by atoms with Crippen molar-refractivity contribution in [3.05, 3.63) is 34.9 Å². The van der Waals surface area contributed by atoms with Crippen LogP contribution in [0.25, 0.3) is 0 Å². The molecule has 0 bridgehead atoms. The van der Waals surface area contributed by atoms with Crippen molar-refractivity contribution in [3.63, 3.8) is 0 Å². The molecule has 1 aromatic carbocycles. The topological polar surface area (TPSA) is 29.1 Å². The van der Waals surface area contributed by atoms with Gasteiger partial charge >= 0.3 is 0 Å². The van der Waals surface area contributed by atoms with Gasteiger partial charge in [-0.15, -0.1) is 0 Å². The van der Waals surface area contributed by atoms with Crippen LogP contribution in [0.4, 0.5) is 0 Å². The van der Waals surface area contributed by atoms with Crippen LogP contribution in [0.2, 0.25) is 5.02 Å². The second-order valence-electron chi connectivity index (χ2n) is 4.60. The van der Waals surface area contributed by atoms with Crippen LogP contribution in [-0.2, 0) is 4.79 Å². The molecule has 1 amide bonds. The lowest BCUT2D eigenvalue weighted by molar-refractivity contribution is -0.123. The zero-order valence-electron chi connectivity index (χ0n) is 9.53. The van der Waals surface area contributed by atoms with Crippen LogP contribution < -0.4 is 5.32 Å². The van der Waals surface area contributed by atoms with E-state index in [1.807, 2.05) is 31.2 Å². The van der Waals surface area contributed by atoms with E-state index in [1.54, 1.807) is 0 Å². The van der Waals surface area contributed by atoms with Gasteiger partial charge in [0, 0.05) is 10.9 Å². The zero-order valence-corrected chi connectivity index (χ0v) is 10.3. The summed E-state index contributed by atoms with van der Waals surface area (Å²) in [5, 5.41) is 3.75. The molecule has 0 unspecified atom stereocenters. The van der Waals surface area contributed by atoms with Crippen molar-refractivity contribution in [3.8, 4) is 0 Å². The lowest BCUT2D eigenvalue weighted by atomic mass is 10.1. The summed E-state index contributed by atoms with van der Waals surface area (Å²) in [7, 11) is 0. The third-order valence-corrected chi connectivity index (χ3v) is 3.43. The van der Waals surface area contributed by atoms with E-state index < -0.39 is 0 Å². The van der Waals surface area contributed by atoms with Gasteiger partial charge in [-0.25, -0.2) is 0 Å². The number of carbonyl (C=O) groups is 1. The molecule has 0 saturated heterocycles. The van der Waals surface area contributed by atoms with Gasteiger partial charge in [-0.1, -0.05) is 30.7 Å². The molecule has 0 heterocycles. The number of carbonyl (C=O) groups excluding carboxylic acids is 1. The smallest absolute Gasteiger partial charge is 0.223 e. The van der Waals surface area contributed by atoms with Gasteiger partial charge in [-0.2, -0.15) is 0 Å². The van der Waals surface area contributed by atoms with Gasteiger partial charge in [0.2, 0.25) is 5.91 Å². The molecule has 0 aromatic heterocycles. The molecule has 1 fully saturated rings. The fraction of sp³-hybridized carbons (Fsp3) is 0.462. The Morgan fingerprint density at radius 2 is 2.00 bits per heavy atom. The van der Waals surface area contributed by atoms with Crippen molar-refractivity contribution in [1.82, 2.24) is 5.32 Å². The highest BCUT2D eigenvalue weighted by atomic mass is 35.5. The molecule has 1 aromatic rings. The summed E-state index contributed by atoms with van der Waals surface area (Å²) in [6.45, 7) is 4.10. The van der Waals surface area contributed by atoms with Crippen LogP contribution in [-0.4, -0.2) is 5.91 Å². The first-order valence-electron chi connectivity index (χ1n) is 5.64. The fourth-order valence-electron chi connectivity index (χ4n) is 1.84. The maximum Gasteiger partial charge on any atom is 0.223 e. The number of halogens is 1. The number of nitrogens with one attached hydrogen (secondary N) is 1. The van der Waals surface area contributed by atoms with Gasteiger partial charge in [0.1, 0.15) is 0 Å². The standard InChI is InChI=1S/C13H16ClNO/c1-8-7-12(8)13(16)15-9(2)10-3-5-11(14)6-4-10/h3-6,8-9,12H,7H2,1-2H3,(H,15,16)/t8-,9+,12-/m1/s1. The molecule has 2 rings (SSSR count). The van der Waals surface area contributed by atoms with E-state index in [0.717, 1.165) is 17.0 Å². The van der Waals surface area contributed by atoms with Gasteiger partial charge in [-0.05, 0) is 37.0 Å². The molecular formula is C13H16ClNO. The van der Waals surface area contributed by atoms with Crippen molar-refractivity contribution >= 4 is 17.5 Å². The monoisotopic (exact) mass is 237 g/mol. The molecule has 2 nitrogen and oxygen atoms in total. The molecule has 1 N–H and O–H groups in total. The van der Waals surface area contributed by atoms with Gasteiger partial charge in [0.25, 0.3) is 0 Å². The molecule has 86 valence electrons. The molecule has 1 saturated carbocycles. The third-order valence-electron chi connectivity index (χ3n) is 3.18. The predicted molar refractivity (Wildman–Crippen MR) is 65.3 cm³/mol. The number of hydrogen-bond acceptors (Lipinski definition) is 1. The number of amides is 1. The van der Waals surface area contributed by atoms with Gasteiger partial charge < -0.3 is 5.32 Å². The Balaban J connectivity index is 1.94. The average molecular weight is 238 g/mol. The second-order valence-corrected chi connectivity index (χ2v) is 5.04. The first-order chi connectivity index (χ1) is 7.58. The number of hydrogen-bond donors (Lipinski definition) is 1. The van der Waals surface area contributed by atoms with Gasteiger partial charge in [0.15, 0.2) is 0 Å². The van der Waals surface area contributed by atoms with Crippen molar-refractivity contribution in [2.45, 2.75) is 26.3 Å². The van der Waals surface area contributed by atoms with Crippen molar-refractivity contribution in [2.24, 2.45) is 11.8 Å². The van der Waals surface area contributed by atoms with Crippen LogP contribution in [0.5, 0.6) is 0 Å². The van der Waals surface area contributed by atoms with Gasteiger partial charge in [-0.3, -0.25) is 4.79 Å². The Morgan fingerprint density at radius 1 is 1.44 bits per heavy atom. The van der Waals surface area contributed by atoms with Crippen LogP contribution in [0.1, 0.15) is 31.9 Å². The fourth-order valence-corrected chi connectivity index (χ4v) is 1.97. The van der Waals surface area contributed by atoms with Crippen molar-refractivity contribution in [1.29, 1.82) is 0 Å². The number of rotatable bonds is 3. The molecule has 16 heavy (non-hydrogen) atoms. The highest BCUT2D eigenvalue weighted by molar-refractivity contribution is 6.30. The lowest BCUT2D eigenvalue weighted by Gasteiger charge is -2.14. The van der Waals surface area contributed by atoms with E-state index in [0.29, 0.717) is 5.92 Å². The Morgan fingerprint density at radius 3 is 2.50 bits per heavy atom. The molecule has 0 radical (unpaired) electrons. The lowest BCUT2D eigenvalue weighted by Crippen LogP contribution is -2.28. The second kappa shape index (κ2) is 4.46. The molecule has 1 aliphatic rings. The molecule has 1 aliphatic carbocycles. The SMILES string of the molecule is C[C@H](NC(=O)[C@@H]1C[C@H]1C)c1ccc(Cl)cc1. The maximum atomic E-state index is 11.7. The highest BCUT2D eigenvalue weighted by Gasteiger charge is 2.39. The van der Waals surface area contributed by atoms with Crippen LogP contribution in [0.3, 0.4) is 0 Å². The van der Waals surface area contributed by atoms with Gasteiger partial charge in [0.05, 0.1) is 6.04 Å². The van der Waals surface area contributed by atoms with E-state index in [1.165, 1.54) is 0 Å². The van der Waals surface area contributed by atoms with E-state index in [2.05, 4.69) is 12.2 Å². The van der Waals surface area contributed by atoms with Crippen LogP contribution in [0, 0.1) is 11.8 Å². The zero-order chi connectivity index (χ0) is 11.7. The average Bonchev–Trinajstić information content (AvgIpc) is 2.96. The predicted octanol–water partition coefficient (Wildman–Crippen LogP) is 3.17. The minimum absolute atomic E-state index is 0.0533. The van der Waals surface area contributed by atoms with Crippen LogP contribution >= 0.6 is 11.6 Å². The molecule has 0 spiro atoms. The molecule has 0 aliphatic heterocycles.